The largest absolute Gasteiger partial charge is 0.438 e. The van der Waals surface area contributed by atoms with E-state index in [2.05, 4.69) is 4.98 Å². The number of hydrogen-bond donors (Lipinski definition) is 0. The van der Waals surface area contributed by atoms with Crippen LogP contribution in [0.15, 0.2) is 46.9 Å². The summed E-state index contributed by atoms with van der Waals surface area (Å²) < 4.78 is 19.4. The number of nitro benzene ring substituents is 1. The van der Waals surface area contributed by atoms with Gasteiger partial charge in [0.05, 0.1) is 11.0 Å². The predicted octanol–water partition coefficient (Wildman–Crippen LogP) is 4.61. The van der Waals surface area contributed by atoms with Crippen molar-refractivity contribution >= 4 is 22.5 Å². The standard InChI is InChI=1S/C18H16FN3O3/c19-12-8-9-14(16(11-12)22(23)24)21-10-4-3-6-15(21)18-20-13-5-1-2-7-17(13)25-18/h1-2,5,7-9,11,15H,3-4,6,10H2. The van der Waals surface area contributed by atoms with Gasteiger partial charge >= 0.3 is 0 Å². The third kappa shape index (κ3) is 2.82. The van der Waals surface area contributed by atoms with Gasteiger partial charge in [-0.2, -0.15) is 0 Å². The lowest BCUT2D eigenvalue weighted by molar-refractivity contribution is -0.384. The first kappa shape index (κ1) is 15.6. The van der Waals surface area contributed by atoms with Gasteiger partial charge in [-0.3, -0.25) is 10.1 Å². The second-order valence-corrected chi connectivity index (χ2v) is 6.11. The van der Waals surface area contributed by atoms with E-state index in [9.17, 15) is 14.5 Å². The van der Waals surface area contributed by atoms with Crippen LogP contribution in [-0.4, -0.2) is 16.5 Å². The lowest BCUT2D eigenvalue weighted by atomic mass is 10.0. The minimum absolute atomic E-state index is 0.203. The molecule has 0 amide bonds. The van der Waals surface area contributed by atoms with E-state index in [0.29, 0.717) is 23.7 Å². The molecule has 7 heteroatoms. The first-order valence-electron chi connectivity index (χ1n) is 8.19. The molecule has 2 heterocycles. The van der Waals surface area contributed by atoms with Gasteiger partial charge in [0, 0.05) is 6.54 Å². The average Bonchev–Trinajstić information content (AvgIpc) is 3.05. The molecule has 25 heavy (non-hydrogen) atoms. The monoisotopic (exact) mass is 341 g/mol. The zero-order chi connectivity index (χ0) is 17.4. The lowest BCUT2D eigenvalue weighted by Gasteiger charge is -2.35. The number of hydrogen-bond acceptors (Lipinski definition) is 5. The van der Waals surface area contributed by atoms with Crippen LogP contribution in [0.3, 0.4) is 0 Å². The highest BCUT2D eigenvalue weighted by molar-refractivity contribution is 5.72. The first-order valence-corrected chi connectivity index (χ1v) is 8.19. The molecule has 1 atom stereocenters. The summed E-state index contributed by atoms with van der Waals surface area (Å²) in [5.74, 6) is -0.0783. The second-order valence-electron chi connectivity index (χ2n) is 6.11. The quantitative estimate of drug-likeness (QED) is 0.514. The van der Waals surface area contributed by atoms with Gasteiger partial charge in [-0.1, -0.05) is 12.1 Å². The van der Waals surface area contributed by atoms with E-state index in [1.165, 1.54) is 12.1 Å². The van der Waals surface area contributed by atoms with Gasteiger partial charge in [0.2, 0.25) is 5.89 Å². The molecule has 6 nitrogen and oxygen atoms in total. The Bertz CT molecular complexity index is 907. The second kappa shape index (κ2) is 6.16. The van der Waals surface area contributed by atoms with Gasteiger partial charge in [-0.05, 0) is 43.5 Å². The van der Waals surface area contributed by atoms with Crippen molar-refractivity contribution in [1.29, 1.82) is 0 Å². The molecule has 1 aliphatic rings. The minimum atomic E-state index is -0.620. The average molecular weight is 341 g/mol. The summed E-state index contributed by atoms with van der Waals surface area (Å²) in [6.07, 6.45) is 2.67. The van der Waals surface area contributed by atoms with E-state index in [4.69, 9.17) is 4.42 Å². The summed E-state index contributed by atoms with van der Waals surface area (Å²) in [5.41, 5.74) is 1.62. The van der Waals surface area contributed by atoms with Crippen molar-refractivity contribution in [3.8, 4) is 0 Å². The van der Waals surface area contributed by atoms with Crippen LogP contribution in [0, 0.1) is 15.9 Å². The number of rotatable bonds is 3. The lowest BCUT2D eigenvalue weighted by Crippen LogP contribution is -2.34. The highest BCUT2D eigenvalue weighted by Crippen LogP contribution is 2.40. The maximum Gasteiger partial charge on any atom is 0.295 e. The van der Waals surface area contributed by atoms with Crippen molar-refractivity contribution in [2.24, 2.45) is 0 Å². The zero-order valence-electron chi connectivity index (χ0n) is 13.4. The van der Waals surface area contributed by atoms with Crippen molar-refractivity contribution in [1.82, 2.24) is 4.98 Å². The molecule has 0 saturated carbocycles. The summed E-state index contributed by atoms with van der Waals surface area (Å²) >= 11 is 0. The summed E-state index contributed by atoms with van der Waals surface area (Å²) in [7, 11) is 0. The van der Waals surface area contributed by atoms with Crippen molar-refractivity contribution in [2.45, 2.75) is 25.3 Å². The molecule has 0 bridgehead atoms. The molecule has 2 aromatic carbocycles. The van der Waals surface area contributed by atoms with Gasteiger partial charge in [-0.25, -0.2) is 9.37 Å². The Labute approximate surface area is 143 Å². The molecule has 0 radical (unpaired) electrons. The molecule has 0 aliphatic carbocycles. The van der Waals surface area contributed by atoms with E-state index in [-0.39, 0.29) is 11.7 Å². The van der Waals surface area contributed by atoms with Crippen LogP contribution in [0.1, 0.15) is 31.2 Å². The molecule has 3 aromatic rings. The Morgan fingerprint density at radius 2 is 2.08 bits per heavy atom. The van der Waals surface area contributed by atoms with Crippen molar-refractivity contribution < 1.29 is 13.7 Å². The van der Waals surface area contributed by atoms with Gasteiger partial charge in [0.25, 0.3) is 5.69 Å². The minimum Gasteiger partial charge on any atom is -0.438 e. The van der Waals surface area contributed by atoms with Gasteiger partial charge in [0.1, 0.15) is 23.1 Å². The number of oxazole rings is 1. The summed E-state index contributed by atoms with van der Waals surface area (Å²) in [6, 6.07) is 11.0. The van der Waals surface area contributed by atoms with Gasteiger partial charge in [0.15, 0.2) is 5.58 Å². The Morgan fingerprint density at radius 3 is 2.88 bits per heavy atom. The first-order chi connectivity index (χ1) is 12.1. The molecule has 1 saturated heterocycles. The number of para-hydroxylation sites is 2. The highest BCUT2D eigenvalue weighted by Gasteiger charge is 2.32. The number of fused-ring (bicyclic) bond motifs is 1. The molecule has 4 rings (SSSR count). The van der Waals surface area contributed by atoms with Crippen LogP contribution in [0.2, 0.25) is 0 Å². The number of benzene rings is 2. The summed E-state index contributed by atoms with van der Waals surface area (Å²) in [4.78, 5) is 17.3. The number of nitro groups is 1. The van der Waals surface area contributed by atoms with Crippen LogP contribution in [-0.2, 0) is 0 Å². The smallest absolute Gasteiger partial charge is 0.295 e. The topological polar surface area (TPSA) is 72.4 Å². The molecule has 1 unspecified atom stereocenters. The molecule has 128 valence electrons. The molecule has 0 spiro atoms. The Balaban J connectivity index is 1.78. The maximum absolute atomic E-state index is 13.5. The Kier molecular flexibility index (Phi) is 3.83. The third-order valence-electron chi connectivity index (χ3n) is 4.54. The van der Waals surface area contributed by atoms with E-state index >= 15 is 0 Å². The van der Waals surface area contributed by atoms with Gasteiger partial charge < -0.3 is 9.32 Å². The predicted molar refractivity (Wildman–Crippen MR) is 91.0 cm³/mol. The number of nitrogens with zero attached hydrogens (tertiary/aromatic N) is 3. The molecule has 1 aromatic heterocycles. The molecule has 0 N–H and O–H groups in total. The fourth-order valence-corrected chi connectivity index (χ4v) is 3.39. The Morgan fingerprint density at radius 1 is 1.24 bits per heavy atom. The van der Waals surface area contributed by atoms with E-state index < -0.39 is 10.7 Å². The molecule has 1 aliphatic heterocycles. The van der Waals surface area contributed by atoms with Crippen LogP contribution >= 0.6 is 0 Å². The molecular weight excluding hydrogens is 325 g/mol. The summed E-state index contributed by atoms with van der Waals surface area (Å²) in [6.45, 7) is 0.635. The van der Waals surface area contributed by atoms with Crippen LogP contribution in [0.5, 0.6) is 0 Å². The molecule has 1 fully saturated rings. The van der Waals surface area contributed by atoms with Crippen molar-refractivity contribution in [2.75, 3.05) is 11.4 Å². The number of halogens is 1. The fraction of sp³-hybridized carbons (Fsp3) is 0.278. The normalized spacial score (nSPS) is 17.8. The van der Waals surface area contributed by atoms with Crippen molar-refractivity contribution in [3.05, 3.63) is 64.3 Å². The van der Waals surface area contributed by atoms with Crippen LogP contribution < -0.4 is 4.90 Å². The van der Waals surface area contributed by atoms with E-state index in [0.717, 1.165) is 30.8 Å². The van der Waals surface area contributed by atoms with E-state index in [1.807, 2.05) is 29.2 Å². The SMILES string of the molecule is O=[N+]([O-])c1cc(F)ccc1N1CCCCC1c1nc2ccccc2o1. The van der Waals surface area contributed by atoms with Crippen LogP contribution in [0.4, 0.5) is 15.8 Å². The zero-order valence-corrected chi connectivity index (χ0v) is 13.4. The van der Waals surface area contributed by atoms with Gasteiger partial charge in [-0.15, -0.1) is 0 Å². The van der Waals surface area contributed by atoms with Crippen molar-refractivity contribution in [3.63, 3.8) is 0 Å². The number of aromatic nitrogens is 1. The number of anilines is 1. The third-order valence-corrected chi connectivity index (χ3v) is 4.54. The summed E-state index contributed by atoms with van der Waals surface area (Å²) in [5, 5.41) is 11.4. The maximum atomic E-state index is 13.5. The molecular formula is C18H16FN3O3. The fourth-order valence-electron chi connectivity index (χ4n) is 3.39. The Hall–Kier alpha value is -2.96. The number of piperidine rings is 1. The highest BCUT2D eigenvalue weighted by atomic mass is 19.1. The van der Waals surface area contributed by atoms with Crippen LogP contribution in [0.25, 0.3) is 11.1 Å². The van der Waals surface area contributed by atoms with E-state index in [1.54, 1.807) is 0 Å².